The van der Waals surface area contributed by atoms with E-state index in [1.165, 1.54) is 0 Å². The maximum absolute atomic E-state index is 11.5. The van der Waals surface area contributed by atoms with E-state index in [0.29, 0.717) is 0 Å². The molecule has 0 radical (unpaired) electrons. The lowest BCUT2D eigenvalue weighted by molar-refractivity contribution is -0.369. The molecule has 0 aliphatic carbocycles. The van der Waals surface area contributed by atoms with E-state index >= 15 is 0 Å². The lowest BCUT2D eigenvalue weighted by Crippen LogP contribution is -2.71. The molecule has 7 heterocycles. The summed E-state index contributed by atoms with van der Waals surface area (Å²) in [4.78, 5) is 0. The minimum Gasteiger partial charge on any atom is -0.394 e. The first kappa shape index (κ1) is 64.1. The van der Waals surface area contributed by atoms with Crippen LogP contribution in [-0.4, -0.2) is 342 Å². The van der Waals surface area contributed by atoms with E-state index in [-0.39, 0.29) is 0 Å². The van der Waals surface area contributed by atoms with Gasteiger partial charge in [0, 0.05) is 0 Å². The number of aliphatic hydroxyl groups is 16. The van der Waals surface area contributed by atoms with Gasteiger partial charge in [-0.05, 0) is 0 Å². The van der Waals surface area contributed by atoms with E-state index < -0.39 is 261 Å². The number of rotatable bonds is 19. The van der Waals surface area contributed by atoms with E-state index in [0.717, 1.165) is 0 Å². The molecule has 7 rings (SSSR count). The quantitative estimate of drug-likeness (QED) is 0.0571. The third-order valence-corrected chi connectivity index (χ3v) is 15.1. The second-order valence-electron chi connectivity index (χ2n) is 20.2. The molecule has 78 heavy (non-hydrogen) atoms. The van der Waals surface area contributed by atoms with Crippen molar-refractivity contribution in [2.24, 2.45) is 40.1 Å². The summed E-state index contributed by atoms with van der Waals surface area (Å²) in [6.07, 6.45) is -44.9. The van der Waals surface area contributed by atoms with Gasteiger partial charge in [-0.2, -0.15) is 0 Å². The van der Waals surface area contributed by atoms with Gasteiger partial charge < -0.3 is 183 Å². The average Bonchev–Trinajstić information content (AvgIpc) is 3.45. The Kier molecular flexibility index (Phi) is 22.6. The summed E-state index contributed by atoms with van der Waals surface area (Å²) in [6.45, 7) is -5.87. The van der Waals surface area contributed by atoms with Crippen LogP contribution in [0.25, 0.3) is 0 Å². The van der Waals surface area contributed by atoms with Crippen molar-refractivity contribution >= 4 is 0 Å². The minimum absolute atomic E-state index is 0.740. The maximum atomic E-state index is 11.5. The van der Waals surface area contributed by atoms with Gasteiger partial charge in [0.2, 0.25) is 0 Å². The Bertz CT molecular complexity index is 1830. The Hall–Kier alpha value is -1.44. The number of nitrogens with two attached hydrogens (primary N) is 7. The lowest BCUT2D eigenvalue weighted by atomic mass is 9.93. The van der Waals surface area contributed by atoms with Crippen molar-refractivity contribution in [2.75, 3.05) is 46.2 Å². The van der Waals surface area contributed by atoms with E-state index in [2.05, 4.69) is 0 Å². The smallest absolute Gasteiger partial charge is 0.176 e. The van der Waals surface area contributed by atoms with Gasteiger partial charge in [0.05, 0.1) is 88.5 Å². The standard InChI is InChI=1S/C42H79N7O29/c43-15-24(59)30(9(2-51)66-36(15)65)73-38-17(45)26(61)32(11(4-53)68-38)75-40-19(47)28(63)34(13(6-55)70-40)77-42-21(49)29(64)35(14(7-56)72-42)78-41-20(48)27(62)33(12(5-54)71-41)76-39-18(46)25(60)31(10(3-52)69-39)74-37-16(44)23(58)22(57)8(1-50)67-37/h8-42,50-65H,1-7,43-49H2/t8?,9?,10?,11?,12?,13?,14?,15-,16-,17+,18+,19-,20-,21+,22?,23-,24-,25?,26?,27-,28-,29?,30?,31-,32-,33?,34?,35-,36?,37?,38-,39-,40?,41?,42-/m1/s1. The first-order valence-corrected chi connectivity index (χ1v) is 25.2. The van der Waals surface area contributed by atoms with E-state index in [1.54, 1.807) is 0 Å². The highest BCUT2D eigenvalue weighted by molar-refractivity contribution is 5.03. The molecule has 36 nitrogen and oxygen atoms in total. The summed E-state index contributed by atoms with van der Waals surface area (Å²) in [6, 6.07) is -10.6. The van der Waals surface area contributed by atoms with Crippen molar-refractivity contribution in [3.8, 4) is 0 Å². The molecule has 7 aliphatic rings. The lowest BCUT2D eigenvalue weighted by Gasteiger charge is -2.50. The summed E-state index contributed by atoms with van der Waals surface area (Å²) in [5.74, 6) is 0. The Labute approximate surface area is 443 Å². The SMILES string of the molecule is N[C@H]1C(O)[C@H](OC2OC(CO)C(O[C@H]3OC(CO)[C@@H](OC4OC(CO)C(O[C@H]5OC(CO)[C@@H](OC6OC(CO)C(O)[C@H](O)[C@H]6N)C(O)[C@@H]5N)[C@H](O)[C@H]4N)C(O)[C@@H]3N)[C@H](O)[C@H]2N)C(CO)O[C@@H]1OC1C(CO)OC(O)[C@H](N)[C@H]1O. The Morgan fingerprint density at radius 3 is 0.628 bits per heavy atom. The third-order valence-electron chi connectivity index (χ3n) is 15.1. The highest BCUT2D eigenvalue weighted by atomic mass is 16.8. The molecule has 0 spiro atoms. The van der Waals surface area contributed by atoms with Crippen LogP contribution >= 0.6 is 0 Å². The fourth-order valence-corrected chi connectivity index (χ4v) is 10.3. The van der Waals surface area contributed by atoms with Gasteiger partial charge in [0.25, 0.3) is 0 Å². The number of hydrogen-bond donors (Lipinski definition) is 23. The summed E-state index contributed by atoms with van der Waals surface area (Å²) in [5.41, 5.74) is 43.4. The Morgan fingerprint density at radius 2 is 0.410 bits per heavy atom. The van der Waals surface area contributed by atoms with Crippen LogP contribution in [0.5, 0.6) is 0 Å². The topological polar surface area (TPSA) is 626 Å². The Morgan fingerprint density at radius 1 is 0.231 bits per heavy atom. The second-order valence-corrected chi connectivity index (χ2v) is 20.2. The number of aliphatic hydroxyl groups excluding tert-OH is 16. The molecule has 0 aromatic heterocycles. The summed E-state index contributed by atoms with van der Waals surface area (Å²) < 4.78 is 75.1. The molecule has 456 valence electrons. The molecule has 0 saturated carbocycles. The zero-order valence-corrected chi connectivity index (χ0v) is 41.7. The second kappa shape index (κ2) is 27.5. The first-order valence-electron chi connectivity index (χ1n) is 25.2. The van der Waals surface area contributed by atoms with Crippen molar-refractivity contribution in [3.05, 3.63) is 0 Å². The Balaban J connectivity index is 0.947. The fraction of sp³-hybridized carbons (Fsp3) is 1.00. The van der Waals surface area contributed by atoms with Gasteiger partial charge in [0.1, 0.15) is 128 Å². The first-order chi connectivity index (χ1) is 37.0. The van der Waals surface area contributed by atoms with Crippen LogP contribution in [0.1, 0.15) is 0 Å². The van der Waals surface area contributed by atoms with Crippen LogP contribution in [0.4, 0.5) is 0 Å². The van der Waals surface area contributed by atoms with Crippen LogP contribution in [0.15, 0.2) is 0 Å². The number of hydrogen-bond acceptors (Lipinski definition) is 36. The normalized spacial score (nSPS) is 53.5. The van der Waals surface area contributed by atoms with Crippen molar-refractivity contribution in [2.45, 2.75) is 215 Å². The van der Waals surface area contributed by atoms with Crippen LogP contribution < -0.4 is 40.1 Å². The summed E-state index contributed by atoms with van der Waals surface area (Å²) in [5, 5.41) is 169. The maximum Gasteiger partial charge on any atom is 0.176 e. The monoisotopic (exact) mass is 1150 g/mol. The molecule has 7 aliphatic heterocycles. The van der Waals surface area contributed by atoms with Crippen molar-refractivity contribution in [1.82, 2.24) is 0 Å². The molecular formula is C42H79N7O29. The van der Waals surface area contributed by atoms with Crippen LogP contribution in [0.2, 0.25) is 0 Å². The van der Waals surface area contributed by atoms with Gasteiger partial charge in [-0.25, -0.2) is 0 Å². The highest BCUT2D eigenvalue weighted by Gasteiger charge is 2.57. The molecule has 7 fully saturated rings. The molecule has 18 unspecified atom stereocenters. The predicted molar refractivity (Wildman–Crippen MR) is 246 cm³/mol. The van der Waals surface area contributed by atoms with Gasteiger partial charge in [0.15, 0.2) is 44.0 Å². The molecule has 0 bridgehead atoms. The molecule has 36 heteroatoms. The zero-order valence-electron chi connectivity index (χ0n) is 41.7. The minimum atomic E-state index is -1.83. The zero-order chi connectivity index (χ0) is 57.3. The van der Waals surface area contributed by atoms with Gasteiger partial charge in [-0.15, -0.1) is 0 Å². The van der Waals surface area contributed by atoms with E-state index in [9.17, 15) is 81.7 Å². The molecule has 0 amide bonds. The molecular weight excluding hydrogens is 1070 g/mol. The molecule has 0 aromatic carbocycles. The van der Waals surface area contributed by atoms with Crippen LogP contribution in [0.3, 0.4) is 0 Å². The molecule has 35 atom stereocenters. The largest absolute Gasteiger partial charge is 0.394 e. The molecule has 30 N–H and O–H groups in total. The average molecular weight is 1150 g/mol. The number of ether oxygens (including phenoxy) is 13. The summed E-state index contributed by atoms with van der Waals surface area (Å²) in [7, 11) is 0. The molecule has 0 aromatic rings. The van der Waals surface area contributed by atoms with Gasteiger partial charge >= 0.3 is 0 Å². The van der Waals surface area contributed by atoms with Crippen molar-refractivity contribution < 1.29 is 143 Å². The summed E-state index contributed by atoms with van der Waals surface area (Å²) >= 11 is 0. The van der Waals surface area contributed by atoms with E-state index in [1.807, 2.05) is 0 Å². The van der Waals surface area contributed by atoms with E-state index in [4.69, 9.17) is 102 Å². The highest BCUT2D eigenvalue weighted by Crippen LogP contribution is 2.36. The van der Waals surface area contributed by atoms with Crippen LogP contribution in [-0.2, 0) is 61.6 Å². The third kappa shape index (κ3) is 12.9. The molecule has 7 saturated heterocycles. The van der Waals surface area contributed by atoms with Gasteiger partial charge in [-0.3, -0.25) is 0 Å². The fourth-order valence-electron chi connectivity index (χ4n) is 10.3. The van der Waals surface area contributed by atoms with Crippen molar-refractivity contribution in [3.63, 3.8) is 0 Å². The van der Waals surface area contributed by atoms with Gasteiger partial charge in [-0.1, -0.05) is 0 Å². The van der Waals surface area contributed by atoms with Crippen LogP contribution in [0, 0.1) is 0 Å². The predicted octanol–water partition coefficient (Wildman–Crippen LogP) is -16.5. The van der Waals surface area contributed by atoms with Crippen molar-refractivity contribution in [1.29, 1.82) is 0 Å².